The van der Waals surface area contributed by atoms with Gasteiger partial charge in [0.2, 0.25) is 5.79 Å². The van der Waals surface area contributed by atoms with Gasteiger partial charge in [-0.2, -0.15) is 0 Å². The van der Waals surface area contributed by atoms with Crippen LogP contribution in [-0.2, 0) is 25.7 Å². The fourth-order valence-electron chi connectivity index (χ4n) is 8.35. The zero-order chi connectivity index (χ0) is 40.1. The number of hydrogen-bond donors (Lipinski definition) is 2. The first-order valence-electron chi connectivity index (χ1n) is 20.1. The quantitative estimate of drug-likeness (QED) is 0.0738. The number of aliphatic hydroxyl groups is 2. The molecule has 5 rings (SSSR count). The number of carbonyl (C=O) groups is 1. The Morgan fingerprint density at radius 3 is 2.43 bits per heavy atom. The Balaban J connectivity index is 1.61. The lowest BCUT2D eigenvalue weighted by Gasteiger charge is -2.59. The summed E-state index contributed by atoms with van der Waals surface area (Å²) >= 11 is 0. The zero-order valence-electron chi connectivity index (χ0n) is 33.7. The van der Waals surface area contributed by atoms with Gasteiger partial charge in [-0.15, -0.1) is 6.58 Å². The number of hydrogen-bond acceptors (Lipinski definition) is 10. The van der Waals surface area contributed by atoms with Gasteiger partial charge in [0.15, 0.2) is 0 Å². The molecule has 2 aliphatic carbocycles. The van der Waals surface area contributed by atoms with Crippen molar-refractivity contribution < 1.29 is 43.5 Å². The molecule has 0 saturated heterocycles. The monoisotopic (exact) mass is 774 g/mol. The van der Waals surface area contributed by atoms with E-state index in [0.29, 0.717) is 37.6 Å². The largest absolute Gasteiger partial charge is 0.490 e. The molecule has 6 atom stereocenters. The van der Waals surface area contributed by atoms with E-state index in [2.05, 4.69) is 25.3 Å². The predicted octanol–water partition coefficient (Wildman–Crippen LogP) is 7.97. The van der Waals surface area contributed by atoms with E-state index in [9.17, 15) is 15.0 Å². The van der Waals surface area contributed by atoms with Crippen molar-refractivity contribution in [1.82, 2.24) is 4.90 Å². The van der Waals surface area contributed by atoms with Gasteiger partial charge in [-0.3, -0.25) is 0 Å². The SMILES string of the molecule is C=CCOc1ccc2c(c1)C1C(CCCCO)C(CCCCO)C=C3C(=NOC(C)(C)C)CC(N(C)C(=O)OCCOCc4ccccc4)C(OCC=C)(O2)C31. The maximum Gasteiger partial charge on any atom is 0.410 e. The molecular formula is C45H62N2O9. The molecule has 1 aliphatic heterocycles. The van der Waals surface area contributed by atoms with Gasteiger partial charge in [-0.25, -0.2) is 4.79 Å². The van der Waals surface area contributed by atoms with Crippen molar-refractivity contribution in [1.29, 1.82) is 0 Å². The Labute approximate surface area is 332 Å². The van der Waals surface area contributed by atoms with Crippen LogP contribution >= 0.6 is 0 Å². The van der Waals surface area contributed by atoms with Gasteiger partial charge in [0.1, 0.15) is 36.4 Å². The summed E-state index contributed by atoms with van der Waals surface area (Å²) in [5, 5.41) is 24.5. The molecule has 2 aromatic rings. The lowest BCUT2D eigenvalue weighted by Crippen LogP contribution is -2.69. The zero-order valence-corrected chi connectivity index (χ0v) is 33.7. The summed E-state index contributed by atoms with van der Waals surface area (Å²) in [4.78, 5) is 21.7. The second-order valence-electron chi connectivity index (χ2n) is 15.8. The number of fused-ring (bicyclic) bond motifs is 2. The fourth-order valence-corrected chi connectivity index (χ4v) is 8.35. The summed E-state index contributed by atoms with van der Waals surface area (Å²) in [7, 11) is 1.72. The van der Waals surface area contributed by atoms with Crippen molar-refractivity contribution >= 4 is 11.8 Å². The molecule has 306 valence electrons. The van der Waals surface area contributed by atoms with Crippen molar-refractivity contribution in [3.63, 3.8) is 0 Å². The molecule has 0 radical (unpaired) electrons. The van der Waals surface area contributed by atoms with E-state index in [4.69, 9.17) is 33.7 Å². The van der Waals surface area contributed by atoms with Crippen LogP contribution in [0.15, 0.2) is 90.6 Å². The van der Waals surface area contributed by atoms with E-state index in [1.807, 2.05) is 63.2 Å². The van der Waals surface area contributed by atoms with Crippen LogP contribution in [0.5, 0.6) is 11.5 Å². The van der Waals surface area contributed by atoms with Crippen molar-refractivity contribution in [2.24, 2.45) is 22.9 Å². The normalized spacial score (nSPS) is 24.6. The molecule has 11 heteroatoms. The minimum absolute atomic E-state index is 0.0636. The minimum atomic E-state index is -1.37. The van der Waals surface area contributed by atoms with Crippen LogP contribution in [-0.4, -0.2) is 91.0 Å². The number of unbranched alkanes of at least 4 members (excludes halogenated alkanes) is 2. The Hall–Kier alpha value is -4.16. The van der Waals surface area contributed by atoms with Gasteiger partial charge in [-0.05, 0) is 87.6 Å². The summed E-state index contributed by atoms with van der Waals surface area (Å²) in [6.07, 6.45) is 10.2. The molecule has 6 unspecified atom stereocenters. The van der Waals surface area contributed by atoms with Gasteiger partial charge < -0.3 is 43.6 Å². The Morgan fingerprint density at radius 2 is 1.73 bits per heavy atom. The number of ether oxygens (including phenoxy) is 5. The highest BCUT2D eigenvalue weighted by Crippen LogP contribution is 2.61. The van der Waals surface area contributed by atoms with Crippen LogP contribution in [0.3, 0.4) is 0 Å². The summed E-state index contributed by atoms with van der Waals surface area (Å²) < 4.78 is 31.8. The number of carbonyl (C=O) groups excluding carboxylic acids is 1. The highest BCUT2D eigenvalue weighted by atomic mass is 16.7. The van der Waals surface area contributed by atoms with E-state index in [1.54, 1.807) is 24.1 Å². The van der Waals surface area contributed by atoms with Crippen LogP contribution in [0.1, 0.15) is 82.8 Å². The Morgan fingerprint density at radius 1 is 1.00 bits per heavy atom. The van der Waals surface area contributed by atoms with Crippen molar-refractivity contribution in [3.05, 3.63) is 96.6 Å². The summed E-state index contributed by atoms with van der Waals surface area (Å²) in [6, 6.07) is 15.0. The first-order valence-corrected chi connectivity index (χ1v) is 20.1. The van der Waals surface area contributed by atoms with Crippen LogP contribution < -0.4 is 9.47 Å². The Bertz CT molecular complexity index is 1650. The Kier molecular flexibility index (Phi) is 15.6. The van der Waals surface area contributed by atoms with E-state index in [1.165, 1.54) is 0 Å². The maximum absolute atomic E-state index is 14.0. The van der Waals surface area contributed by atoms with Gasteiger partial charge in [0, 0.05) is 38.2 Å². The average molecular weight is 775 g/mol. The second kappa shape index (κ2) is 20.3. The average Bonchev–Trinajstić information content (AvgIpc) is 3.19. The molecule has 1 fully saturated rings. The van der Waals surface area contributed by atoms with Crippen molar-refractivity contribution in [3.8, 4) is 11.5 Å². The van der Waals surface area contributed by atoms with Crippen LogP contribution in [0.4, 0.5) is 4.79 Å². The molecule has 0 bridgehead atoms. The smallest absolute Gasteiger partial charge is 0.410 e. The highest BCUT2D eigenvalue weighted by molar-refractivity contribution is 6.03. The lowest BCUT2D eigenvalue weighted by atomic mass is 9.55. The molecule has 1 saturated carbocycles. The number of likely N-dealkylation sites (N-methyl/N-ethyl adjacent to an activating group) is 1. The number of rotatable bonds is 21. The van der Waals surface area contributed by atoms with E-state index in [0.717, 1.165) is 48.1 Å². The molecular weight excluding hydrogens is 712 g/mol. The molecule has 1 amide bonds. The fraction of sp³-hybridized carbons (Fsp3) is 0.556. The predicted molar refractivity (Wildman–Crippen MR) is 217 cm³/mol. The van der Waals surface area contributed by atoms with Crippen LogP contribution in [0.25, 0.3) is 0 Å². The number of amides is 1. The molecule has 56 heavy (non-hydrogen) atoms. The van der Waals surface area contributed by atoms with Gasteiger partial charge in [0.05, 0.1) is 31.5 Å². The minimum Gasteiger partial charge on any atom is -0.490 e. The first-order chi connectivity index (χ1) is 27.1. The van der Waals surface area contributed by atoms with Crippen molar-refractivity contribution in [2.45, 2.75) is 95.7 Å². The second-order valence-corrected chi connectivity index (χ2v) is 15.8. The topological polar surface area (TPSA) is 129 Å². The lowest BCUT2D eigenvalue weighted by molar-refractivity contribution is -0.253. The maximum atomic E-state index is 14.0. The molecule has 1 heterocycles. The molecule has 2 N–H and O–H groups in total. The van der Waals surface area contributed by atoms with Crippen LogP contribution in [0.2, 0.25) is 0 Å². The summed E-state index contributed by atoms with van der Waals surface area (Å²) in [5.41, 5.74) is 3.13. The molecule has 0 spiro atoms. The number of allylic oxidation sites excluding steroid dienone is 1. The molecule has 0 aromatic heterocycles. The standard InChI is InChI=1S/C45H62N2O9/c1-7-24-52-34-20-21-39-37(29-34)41-35(19-13-15-23-49)33(18-12-14-22-48)28-36-38(46-56-44(3,4)5)30-40(45(55-39,42(36)41)54-25-8-2)47(6)43(50)53-27-26-51-31-32-16-10-9-11-17-32/h7-11,16-17,20-21,28-29,33,35,40-42,48-49H,1-2,12-15,18-19,22-27,30-31H2,3-6H3. The molecule has 2 aromatic carbocycles. The third-order valence-corrected chi connectivity index (χ3v) is 10.8. The number of benzene rings is 2. The third kappa shape index (κ3) is 10.4. The van der Waals surface area contributed by atoms with Gasteiger partial charge in [0.25, 0.3) is 0 Å². The number of aliphatic hydroxyl groups excluding tert-OH is 2. The van der Waals surface area contributed by atoms with Gasteiger partial charge >= 0.3 is 6.09 Å². The third-order valence-electron chi connectivity index (χ3n) is 10.8. The van der Waals surface area contributed by atoms with E-state index < -0.39 is 29.4 Å². The number of oxime groups is 1. The van der Waals surface area contributed by atoms with Gasteiger partial charge in [-0.1, -0.05) is 73.1 Å². The number of nitrogens with zero attached hydrogens (tertiary/aromatic N) is 2. The highest BCUT2D eigenvalue weighted by Gasteiger charge is 2.65. The summed E-state index contributed by atoms with van der Waals surface area (Å²) in [6.45, 7) is 15.1. The molecule has 3 aliphatic rings. The van der Waals surface area contributed by atoms with E-state index in [-0.39, 0.29) is 57.2 Å². The molecule has 11 nitrogen and oxygen atoms in total. The van der Waals surface area contributed by atoms with E-state index >= 15 is 0 Å². The van der Waals surface area contributed by atoms with Crippen molar-refractivity contribution in [2.75, 3.05) is 46.7 Å². The first kappa shape index (κ1) is 43.0. The van der Waals surface area contributed by atoms with Crippen LogP contribution in [0, 0.1) is 17.8 Å². The summed E-state index contributed by atoms with van der Waals surface area (Å²) in [5.74, 6) is -0.397.